The van der Waals surface area contributed by atoms with Crippen molar-refractivity contribution in [1.29, 1.82) is 0 Å². The first-order valence-electron chi connectivity index (χ1n) is 8.31. The van der Waals surface area contributed by atoms with E-state index in [1.165, 1.54) is 32.0 Å². The molecule has 0 nitrogen and oxygen atoms in total. The molecule has 118 valence electrons. The first-order chi connectivity index (χ1) is 10.7. The van der Waals surface area contributed by atoms with Crippen molar-refractivity contribution in [3.05, 3.63) is 58.7 Å². The van der Waals surface area contributed by atoms with Gasteiger partial charge in [-0.2, -0.15) is 0 Å². The van der Waals surface area contributed by atoms with Gasteiger partial charge in [0.1, 0.15) is 0 Å². The summed E-state index contributed by atoms with van der Waals surface area (Å²) >= 11 is 0. The zero-order valence-electron chi connectivity index (χ0n) is 14.1. The van der Waals surface area contributed by atoms with Gasteiger partial charge in [-0.25, -0.2) is 0 Å². The fourth-order valence-electron chi connectivity index (χ4n) is 2.93. The summed E-state index contributed by atoms with van der Waals surface area (Å²) in [7, 11) is 3.84. The molecule has 2 rings (SSSR count). The second-order valence-electron chi connectivity index (χ2n) is 5.37. The van der Waals surface area contributed by atoms with Crippen LogP contribution in [0.5, 0.6) is 0 Å². The van der Waals surface area contributed by atoms with Crippen molar-refractivity contribution in [3.8, 4) is 0 Å². The van der Waals surface area contributed by atoms with Crippen molar-refractivity contribution in [2.75, 3.05) is 0 Å². The van der Waals surface area contributed by atoms with Gasteiger partial charge in [-0.1, -0.05) is 73.5 Å². The number of rotatable bonds is 7. The van der Waals surface area contributed by atoms with Crippen LogP contribution in [0.25, 0.3) is 0 Å². The van der Waals surface area contributed by atoms with Crippen LogP contribution < -0.4 is 0 Å². The summed E-state index contributed by atoms with van der Waals surface area (Å²) in [5.74, 6) is 0. The predicted octanol–water partition coefficient (Wildman–Crippen LogP) is 6.74. The predicted molar refractivity (Wildman–Crippen MR) is 102 cm³/mol. The van der Waals surface area contributed by atoms with Crippen LogP contribution in [0, 0.1) is 0 Å². The maximum Gasteiger partial charge on any atom is 0.0220 e. The summed E-state index contributed by atoms with van der Waals surface area (Å²) in [6, 6.07) is 13.5. The lowest BCUT2D eigenvalue weighted by molar-refractivity contribution is 0.997. The van der Waals surface area contributed by atoms with Crippen LogP contribution in [0.1, 0.15) is 49.9 Å². The van der Waals surface area contributed by atoms with Crippen molar-refractivity contribution in [2.45, 2.75) is 63.2 Å². The van der Waals surface area contributed by atoms with Crippen LogP contribution >= 0.6 is 21.6 Å². The monoisotopic (exact) mass is 330 g/mol. The summed E-state index contributed by atoms with van der Waals surface area (Å²) in [5.41, 5.74) is 6.02. The van der Waals surface area contributed by atoms with Gasteiger partial charge in [0.05, 0.1) is 0 Å². The molecule has 2 heteroatoms. The normalized spacial score (nSPS) is 10.9. The molecule has 0 aliphatic rings. The molecule has 0 aliphatic carbocycles. The van der Waals surface area contributed by atoms with E-state index >= 15 is 0 Å². The highest BCUT2D eigenvalue weighted by molar-refractivity contribution is 8.76. The minimum atomic E-state index is 1.11. The zero-order chi connectivity index (χ0) is 15.9. The van der Waals surface area contributed by atoms with Gasteiger partial charge in [-0.05, 0) is 60.1 Å². The van der Waals surface area contributed by atoms with Gasteiger partial charge in [0.25, 0.3) is 0 Å². The van der Waals surface area contributed by atoms with Crippen LogP contribution in [-0.4, -0.2) is 0 Å². The number of hydrogen-bond acceptors (Lipinski definition) is 2. The van der Waals surface area contributed by atoms with Gasteiger partial charge in [-0.3, -0.25) is 0 Å². The van der Waals surface area contributed by atoms with Gasteiger partial charge >= 0.3 is 0 Å². The van der Waals surface area contributed by atoms with E-state index in [2.05, 4.69) is 64.1 Å². The largest absolute Gasteiger partial charge is 0.0613 e. The van der Waals surface area contributed by atoms with Crippen LogP contribution in [-0.2, 0) is 25.7 Å². The molecule has 0 amide bonds. The van der Waals surface area contributed by atoms with E-state index in [1.807, 2.05) is 21.6 Å². The Morgan fingerprint density at radius 3 is 1.32 bits per heavy atom. The van der Waals surface area contributed by atoms with Gasteiger partial charge in [0.2, 0.25) is 0 Å². The molecular weight excluding hydrogens is 304 g/mol. The zero-order valence-corrected chi connectivity index (χ0v) is 15.7. The third kappa shape index (κ3) is 3.91. The first kappa shape index (κ1) is 17.5. The smallest absolute Gasteiger partial charge is 0.0220 e. The standard InChI is InChI=1S/C20H26S2/c1-5-15-11-9-13-19(17(15)7-3)21-22-20-14-10-12-16(6-2)18(20)8-4/h9-14H,5-8H2,1-4H3. The molecule has 0 N–H and O–H groups in total. The van der Waals surface area contributed by atoms with E-state index in [9.17, 15) is 0 Å². The third-order valence-electron chi connectivity index (χ3n) is 4.15. The van der Waals surface area contributed by atoms with Gasteiger partial charge < -0.3 is 0 Å². The van der Waals surface area contributed by atoms with Crippen LogP contribution in [0.4, 0.5) is 0 Å². The van der Waals surface area contributed by atoms with E-state index in [0.717, 1.165) is 25.7 Å². The van der Waals surface area contributed by atoms with Crippen molar-refractivity contribution in [3.63, 3.8) is 0 Å². The van der Waals surface area contributed by atoms with Gasteiger partial charge in [0.15, 0.2) is 0 Å². The molecule has 0 atom stereocenters. The Morgan fingerprint density at radius 1 is 0.591 bits per heavy atom. The summed E-state index contributed by atoms with van der Waals surface area (Å²) in [4.78, 5) is 2.85. The van der Waals surface area contributed by atoms with Gasteiger partial charge in [0, 0.05) is 9.79 Å². The molecule has 0 saturated carbocycles. The quantitative estimate of drug-likeness (QED) is 0.516. The average Bonchev–Trinajstić information content (AvgIpc) is 2.58. The molecule has 0 saturated heterocycles. The highest BCUT2D eigenvalue weighted by atomic mass is 33.1. The lowest BCUT2D eigenvalue weighted by atomic mass is 10.0. The third-order valence-corrected chi connectivity index (χ3v) is 6.69. The maximum atomic E-state index is 2.27. The second-order valence-corrected chi connectivity index (χ2v) is 7.58. The Kier molecular flexibility index (Phi) is 6.91. The highest BCUT2D eigenvalue weighted by Gasteiger charge is 2.10. The summed E-state index contributed by atoms with van der Waals surface area (Å²) in [6.07, 6.45) is 4.46. The van der Waals surface area contributed by atoms with Crippen molar-refractivity contribution in [1.82, 2.24) is 0 Å². The van der Waals surface area contributed by atoms with E-state index < -0.39 is 0 Å². The number of hydrogen-bond donors (Lipinski definition) is 0. The minimum absolute atomic E-state index is 1.11. The summed E-state index contributed by atoms with van der Waals surface area (Å²) in [5, 5.41) is 0. The van der Waals surface area contributed by atoms with Crippen LogP contribution in [0.3, 0.4) is 0 Å². The topological polar surface area (TPSA) is 0 Å². The minimum Gasteiger partial charge on any atom is -0.0613 e. The Morgan fingerprint density at radius 2 is 1.00 bits per heavy atom. The highest BCUT2D eigenvalue weighted by Crippen LogP contribution is 2.42. The molecule has 0 radical (unpaired) electrons. The summed E-state index contributed by atoms with van der Waals surface area (Å²) in [6.45, 7) is 9.02. The molecule has 0 spiro atoms. The average molecular weight is 331 g/mol. The van der Waals surface area contributed by atoms with E-state index in [1.54, 1.807) is 0 Å². The molecule has 0 aromatic heterocycles. The molecule has 0 fully saturated rings. The van der Waals surface area contributed by atoms with Crippen molar-refractivity contribution in [2.24, 2.45) is 0 Å². The summed E-state index contributed by atoms with van der Waals surface area (Å²) < 4.78 is 0. The maximum absolute atomic E-state index is 2.27. The molecule has 0 bridgehead atoms. The number of benzene rings is 2. The number of aryl methyl sites for hydroxylation is 2. The lowest BCUT2D eigenvalue weighted by Gasteiger charge is -2.14. The Labute approximate surface area is 143 Å². The second kappa shape index (κ2) is 8.69. The fourth-order valence-corrected chi connectivity index (χ4v) is 5.61. The molecule has 0 aliphatic heterocycles. The SMILES string of the molecule is CCc1cccc(SSc2cccc(CC)c2CC)c1CC. The Hall–Kier alpha value is -0.860. The van der Waals surface area contributed by atoms with Crippen LogP contribution in [0.15, 0.2) is 46.2 Å². The van der Waals surface area contributed by atoms with Crippen molar-refractivity contribution < 1.29 is 0 Å². The van der Waals surface area contributed by atoms with Crippen molar-refractivity contribution >= 4 is 21.6 Å². The van der Waals surface area contributed by atoms with Crippen LogP contribution in [0.2, 0.25) is 0 Å². The molecule has 2 aromatic rings. The molecular formula is C20H26S2. The van der Waals surface area contributed by atoms with E-state index in [0.29, 0.717) is 0 Å². The Balaban J connectivity index is 2.24. The van der Waals surface area contributed by atoms with Gasteiger partial charge in [-0.15, -0.1) is 0 Å². The molecule has 0 unspecified atom stereocenters. The Bertz CT molecular complexity index is 562. The molecule has 22 heavy (non-hydrogen) atoms. The fraction of sp³-hybridized carbons (Fsp3) is 0.400. The van der Waals surface area contributed by atoms with E-state index in [-0.39, 0.29) is 0 Å². The molecule has 0 heterocycles. The molecule has 2 aromatic carbocycles. The first-order valence-corrected chi connectivity index (χ1v) is 10.5. The lowest BCUT2D eigenvalue weighted by Crippen LogP contribution is -1.94. The van der Waals surface area contributed by atoms with E-state index in [4.69, 9.17) is 0 Å².